The van der Waals surface area contributed by atoms with Gasteiger partial charge in [-0.1, -0.05) is 6.07 Å². The van der Waals surface area contributed by atoms with E-state index >= 15 is 0 Å². The number of anilines is 1. The second-order valence-electron chi connectivity index (χ2n) is 5.28. The van der Waals surface area contributed by atoms with Gasteiger partial charge in [-0.15, -0.1) is 11.3 Å². The molecule has 2 N–H and O–H groups in total. The van der Waals surface area contributed by atoms with Gasteiger partial charge in [-0.25, -0.2) is 19.8 Å². The molecule has 9 nitrogen and oxygen atoms in total. The van der Waals surface area contributed by atoms with E-state index in [2.05, 4.69) is 20.8 Å². The SMILES string of the molecule is CCOC(=O)c1sc(NC(=O)NN=Cc2ccccn2)c(C(=O)OCC)c1C. The molecule has 28 heavy (non-hydrogen) atoms. The maximum absolute atomic E-state index is 12.3. The Bertz CT molecular complexity index is 880. The second kappa shape index (κ2) is 10.2. The van der Waals surface area contributed by atoms with Crippen LogP contribution < -0.4 is 10.7 Å². The van der Waals surface area contributed by atoms with Crippen molar-refractivity contribution >= 4 is 40.5 Å². The number of hydrogen-bond acceptors (Lipinski definition) is 8. The van der Waals surface area contributed by atoms with Gasteiger partial charge in [-0.3, -0.25) is 10.3 Å². The quantitative estimate of drug-likeness (QED) is 0.416. The molecule has 0 aromatic carbocycles. The standard InChI is InChI=1S/C18H20N4O5S/c1-4-26-16(23)13-11(3)14(17(24)27-5-2)28-15(13)21-18(25)22-20-10-12-8-6-7-9-19-12/h6-10H,4-5H2,1-3H3,(H2,21,22,25). The van der Waals surface area contributed by atoms with Crippen molar-refractivity contribution in [3.63, 3.8) is 0 Å². The van der Waals surface area contributed by atoms with Gasteiger partial charge in [0.15, 0.2) is 0 Å². The summed E-state index contributed by atoms with van der Waals surface area (Å²) in [6.07, 6.45) is 2.97. The van der Waals surface area contributed by atoms with Crippen molar-refractivity contribution < 1.29 is 23.9 Å². The number of nitrogens with one attached hydrogen (secondary N) is 2. The third-order valence-electron chi connectivity index (χ3n) is 3.36. The molecule has 2 amide bonds. The summed E-state index contributed by atoms with van der Waals surface area (Å²) >= 11 is 0.935. The van der Waals surface area contributed by atoms with Gasteiger partial charge in [0.1, 0.15) is 9.88 Å². The molecule has 2 rings (SSSR count). The molecule has 0 unspecified atom stereocenters. The van der Waals surface area contributed by atoms with E-state index in [0.29, 0.717) is 11.3 Å². The highest BCUT2D eigenvalue weighted by molar-refractivity contribution is 7.18. The molecule has 0 bridgehead atoms. The van der Waals surface area contributed by atoms with E-state index in [9.17, 15) is 14.4 Å². The maximum Gasteiger partial charge on any atom is 0.348 e. The number of aromatic nitrogens is 1. The number of carbonyl (C=O) groups excluding carboxylic acids is 3. The molecule has 0 fully saturated rings. The highest BCUT2D eigenvalue weighted by Crippen LogP contribution is 2.34. The lowest BCUT2D eigenvalue weighted by Gasteiger charge is -2.06. The first kappa shape index (κ1) is 21.0. The van der Waals surface area contributed by atoms with Gasteiger partial charge >= 0.3 is 18.0 Å². The highest BCUT2D eigenvalue weighted by atomic mass is 32.1. The van der Waals surface area contributed by atoms with Gasteiger partial charge in [0.25, 0.3) is 0 Å². The molecule has 0 atom stereocenters. The Morgan fingerprint density at radius 3 is 2.54 bits per heavy atom. The molecule has 10 heteroatoms. The second-order valence-corrected chi connectivity index (χ2v) is 6.30. The van der Waals surface area contributed by atoms with Crippen LogP contribution in [0.2, 0.25) is 0 Å². The number of urea groups is 1. The molecule has 0 saturated carbocycles. The minimum absolute atomic E-state index is 0.110. The van der Waals surface area contributed by atoms with E-state index in [4.69, 9.17) is 9.47 Å². The van der Waals surface area contributed by atoms with E-state index in [0.717, 1.165) is 11.3 Å². The number of pyridine rings is 1. The molecule has 2 aromatic rings. The summed E-state index contributed by atoms with van der Waals surface area (Å²) in [5.41, 5.74) is 3.33. The fraction of sp³-hybridized carbons (Fsp3) is 0.278. The van der Waals surface area contributed by atoms with Crippen molar-refractivity contribution in [2.24, 2.45) is 5.10 Å². The number of esters is 2. The van der Waals surface area contributed by atoms with Crippen molar-refractivity contribution in [3.05, 3.63) is 46.1 Å². The molecular formula is C18H20N4O5S. The molecule has 0 saturated heterocycles. The number of thiophene rings is 1. The van der Waals surface area contributed by atoms with Crippen LogP contribution in [0.1, 0.15) is 45.1 Å². The van der Waals surface area contributed by atoms with E-state index in [1.807, 2.05) is 0 Å². The smallest absolute Gasteiger partial charge is 0.348 e. The topological polar surface area (TPSA) is 119 Å². The van der Waals surface area contributed by atoms with Gasteiger partial charge in [0, 0.05) is 6.20 Å². The maximum atomic E-state index is 12.3. The molecule has 148 valence electrons. The van der Waals surface area contributed by atoms with Crippen LogP contribution in [-0.4, -0.2) is 42.4 Å². The number of ether oxygens (including phenoxy) is 2. The van der Waals surface area contributed by atoms with Gasteiger partial charge in [0.2, 0.25) is 0 Å². The molecule has 0 spiro atoms. The number of amides is 2. The first-order valence-electron chi connectivity index (χ1n) is 8.46. The first-order valence-corrected chi connectivity index (χ1v) is 9.28. The molecule has 0 aliphatic carbocycles. The zero-order valence-corrected chi connectivity index (χ0v) is 16.5. The number of rotatable bonds is 7. The number of nitrogens with zero attached hydrogens (tertiary/aromatic N) is 2. The van der Waals surface area contributed by atoms with Crippen LogP contribution in [0.15, 0.2) is 29.5 Å². The fourth-order valence-corrected chi connectivity index (χ4v) is 3.27. The minimum atomic E-state index is -0.686. The van der Waals surface area contributed by atoms with E-state index in [1.54, 1.807) is 45.2 Å². The molecule has 2 aromatic heterocycles. The molecule has 0 aliphatic heterocycles. The van der Waals surface area contributed by atoms with Crippen LogP contribution in [0.3, 0.4) is 0 Å². The van der Waals surface area contributed by atoms with Crippen LogP contribution in [0.25, 0.3) is 0 Å². The Kier molecular flexibility index (Phi) is 7.64. The predicted octanol–water partition coefficient (Wildman–Crippen LogP) is 2.96. The largest absolute Gasteiger partial charge is 0.462 e. The van der Waals surface area contributed by atoms with Gasteiger partial charge in [-0.05, 0) is 38.5 Å². The lowest BCUT2D eigenvalue weighted by molar-refractivity contribution is 0.0527. The van der Waals surface area contributed by atoms with Gasteiger partial charge < -0.3 is 9.47 Å². The van der Waals surface area contributed by atoms with Crippen LogP contribution in [0.5, 0.6) is 0 Å². The molecule has 0 radical (unpaired) electrons. The lowest BCUT2D eigenvalue weighted by Crippen LogP contribution is -2.25. The van der Waals surface area contributed by atoms with Crippen molar-refractivity contribution in [1.82, 2.24) is 10.4 Å². The summed E-state index contributed by atoms with van der Waals surface area (Å²) in [6, 6.07) is 4.57. The number of hydrazone groups is 1. The summed E-state index contributed by atoms with van der Waals surface area (Å²) in [7, 11) is 0. The summed E-state index contributed by atoms with van der Waals surface area (Å²) in [5.74, 6) is -1.21. The summed E-state index contributed by atoms with van der Waals surface area (Å²) in [4.78, 5) is 40.8. The van der Waals surface area contributed by atoms with Crippen molar-refractivity contribution in [2.45, 2.75) is 20.8 Å². The summed E-state index contributed by atoms with van der Waals surface area (Å²) < 4.78 is 10.0. The Morgan fingerprint density at radius 1 is 1.18 bits per heavy atom. The summed E-state index contributed by atoms with van der Waals surface area (Å²) in [5, 5.41) is 6.48. The van der Waals surface area contributed by atoms with Crippen LogP contribution in [0.4, 0.5) is 9.80 Å². The van der Waals surface area contributed by atoms with Crippen LogP contribution in [-0.2, 0) is 9.47 Å². The van der Waals surface area contributed by atoms with Crippen molar-refractivity contribution in [2.75, 3.05) is 18.5 Å². The van der Waals surface area contributed by atoms with Crippen molar-refractivity contribution in [3.8, 4) is 0 Å². The summed E-state index contributed by atoms with van der Waals surface area (Å²) in [6.45, 7) is 5.29. The van der Waals surface area contributed by atoms with Crippen LogP contribution >= 0.6 is 11.3 Å². The molecule has 0 aliphatic rings. The minimum Gasteiger partial charge on any atom is -0.462 e. The predicted molar refractivity (Wildman–Crippen MR) is 105 cm³/mol. The normalized spacial score (nSPS) is 10.5. The Labute approximate surface area is 165 Å². The van der Waals surface area contributed by atoms with Gasteiger partial charge in [-0.2, -0.15) is 5.10 Å². The van der Waals surface area contributed by atoms with Gasteiger partial charge in [0.05, 0.1) is 30.7 Å². The van der Waals surface area contributed by atoms with E-state index in [1.165, 1.54) is 6.21 Å². The average Bonchev–Trinajstić information content (AvgIpc) is 2.99. The first-order chi connectivity index (χ1) is 13.5. The zero-order valence-electron chi connectivity index (χ0n) is 15.6. The zero-order chi connectivity index (χ0) is 20.5. The monoisotopic (exact) mass is 404 g/mol. The van der Waals surface area contributed by atoms with Crippen molar-refractivity contribution in [1.29, 1.82) is 0 Å². The van der Waals surface area contributed by atoms with Crippen LogP contribution in [0, 0.1) is 6.92 Å². The number of hydrogen-bond donors (Lipinski definition) is 2. The lowest BCUT2D eigenvalue weighted by atomic mass is 10.1. The number of carbonyl (C=O) groups is 3. The Morgan fingerprint density at radius 2 is 1.89 bits per heavy atom. The third-order valence-corrected chi connectivity index (χ3v) is 4.55. The highest BCUT2D eigenvalue weighted by Gasteiger charge is 2.27. The molecule has 2 heterocycles. The Hall–Kier alpha value is -3.27. The van der Waals surface area contributed by atoms with E-state index < -0.39 is 18.0 Å². The average molecular weight is 404 g/mol. The third kappa shape index (κ3) is 5.36. The fourth-order valence-electron chi connectivity index (χ4n) is 2.18. The van der Waals surface area contributed by atoms with E-state index in [-0.39, 0.29) is 28.7 Å². The Balaban J connectivity index is 2.19. The molecular weight excluding hydrogens is 384 g/mol.